The van der Waals surface area contributed by atoms with Crippen LogP contribution in [0.25, 0.3) is 10.2 Å². The zero-order valence-electron chi connectivity index (χ0n) is 10.7. The Labute approximate surface area is 123 Å². The van der Waals surface area contributed by atoms with E-state index in [2.05, 4.69) is 9.97 Å². The van der Waals surface area contributed by atoms with Crippen molar-refractivity contribution in [3.63, 3.8) is 0 Å². The highest BCUT2D eigenvalue weighted by Gasteiger charge is 2.56. The van der Waals surface area contributed by atoms with E-state index in [1.165, 1.54) is 17.7 Å². The number of hydrogen-bond donors (Lipinski definition) is 4. The highest BCUT2D eigenvalue weighted by molar-refractivity contribution is 7.18. The van der Waals surface area contributed by atoms with Crippen LogP contribution in [0.3, 0.4) is 0 Å². The molecule has 0 radical (unpaired) electrons. The first-order chi connectivity index (χ1) is 10.0. The van der Waals surface area contributed by atoms with Crippen molar-refractivity contribution in [1.82, 2.24) is 9.97 Å². The molecule has 1 fully saturated rings. The van der Waals surface area contributed by atoms with Crippen LogP contribution in [-0.2, 0) is 10.3 Å². The number of anilines is 1. The molecule has 0 saturated carbocycles. The Kier molecular flexibility index (Phi) is 3.27. The molecule has 3 heterocycles. The lowest BCUT2D eigenvalue weighted by molar-refractivity contribution is -0.0603. The predicted molar refractivity (Wildman–Crippen MR) is 73.1 cm³/mol. The summed E-state index contributed by atoms with van der Waals surface area (Å²) in [5.41, 5.74) is 4.65. The molecule has 0 amide bonds. The SMILES string of the molecule is N#C[C@@]1(c2csc3c(N)ncnc23)O[C@H](CO)[C@@H](O)[C@H]1O. The molecule has 8 nitrogen and oxygen atoms in total. The Bertz CT molecular complexity index is 730. The maximum Gasteiger partial charge on any atom is 0.211 e. The average Bonchev–Trinajstić information content (AvgIpc) is 3.03. The zero-order chi connectivity index (χ0) is 15.2. The third-order valence-electron chi connectivity index (χ3n) is 3.59. The maximum absolute atomic E-state index is 10.2. The van der Waals surface area contributed by atoms with Gasteiger partial charge in [0.1, 0.15) is 36.5 Å². The van der Waals surface area contributed by atoms with Crippen LogP contribution in [0, 0.1) is 11.3 Å². The number of nitrogen functional groups attached to an aromatic ring is 1. The van der Waals surface area contributed by atoms with Crippen LogP contribution in [0.5, 0.6) is 0 Å². The smallest absolute Gasteiger partial charge is 0.211 e. The molecule has 1 aliphatic rings. The third kappa shape index (κ3) is 1.81. The molecule has 3 rings (SSSR count). The predicted octanol–water partition coefficient (Wildman–Crippen LogP) is -0.895. The lowest BCUT2D eigenvalue weighted by Gasteiger charge is -2.23. The van der Waals surface area contributed by atoms with Crippen molar-refractivity contribution in [3.05, 3.63) is 17.3 Å². The molecule has 0 spiro atoms. The van der Waals surface area contributed by atoms with Gasteiger partial charge in [0.05, 0.1) is 16.8 Å². The molecule has 2 aromatic heterocycles. The number of nitrogens with two attached hydrogens (primary N) is 1. The van der Waals surface area contributed by atoms with Crippen LogP contribution in [0.2, 0.25) is 0 Å². The van der Waals surface area contributed by atoms with Gasteiger partial charge in [0.15, 0.2) is 0 Å². The second-order valence-electron chi connectivity index (χ2n) is 4.71. The second kappa shape index (κ2) is 4.87. The third-order valence-corrected chi connectivity index (χ3v) is 4.58. The average molecular weight is 308 g/mol. The van der Waals surface area contributed by atoms with Crippen molar-refractivity contribution in [2.75, 3.05) is 12.3 Å². The fourth-order valence-electron chi connectivity index (χ4n) is 2.48. The first-order valence-electron chi connectivity index (χ1n) is 6.09. The molecule has 0 aromatic carbocycles. The highest BCUT2D eigenvalue weighted by atomic mass is 32.1. The normalized spacial score (nSPS) is 32.4. The van der Waals surface area contributed by atoms with Crippen molar-refractivity contribution in [2.24, 2.45) is 0 Å². The van der Waals surface area contributed by atoms with Gasteiger partial charge in [-0.15, -0.1) is 11.3 Å². The fourth-order valence-corrected chi connectivity index (χ4v) is 3.45. The fraction of sp³-hybridized carbons (Fsp3) is 0.417. The van der Waals surface area contributed by atoms with Gasteiger partial charge < -0.3 is 25.8 Å². The van der Waals surface area contributed by atoms with Gasteiger partial charge in [0, 0.05) is 10.9 Å². The zero-order valence-corrected chi connectivity index (χ0v) is 11.5. The van der Waals surface area contributed by atoms with Crippen LogP contribution in [0.1, 0.15) is 5.56 Å². The number of rotatable bonds is 2. The molecule has 0 unspecified atom stereocenters. The summed E-state index contributed by atoms with van der Waals surface area (Å²) in [5, 5.41) is 40.4. The maximum atomic E-state index is 10.2. The van der Waals surface area contributed by atoms with Gasteiger partial charge in [0.2, 0.25) is 5.60 Å². The first-order valence-corrected chi connectivity index (χ1v) is 6.97. The highest BCUT2D eigenvalue weighted by Crippen LogP contribution is 2.44. The van der Waals surface area contributed by atoms with Gasteiger partial charge >= 0.3 is 0 Å². The van der Waals surface area contributed by atoms with Crippen LogP contribution in [0.15, 0.2) is 11.7 Å². The van der Waals surface area contributed by atoms with Crippen molar-refractivity contribution >= 4 is 27.4 Å². The Morgan fingerprint density at radius 3 is 2.86 bits per heavy atom. The van der Waals surface area contributed by atoms with Gasteiger partial charge in [-0.05, 0) is 0 Å². The Morgan fingerprint density at radius 2 is 2.24 bits per heavy atom. The molecule has 110 valence electrons. The van der Waals surface area contributed by atoms with E-state index in [1.807, 2.05) is 6.07 Å². The summed E-state index contributed by atoms with van der Waals surface area (Å²) in [5.74, 6) is 0.260. The Balaban J connectivity index is 2.20. The summed E-state index contributed by atoms with van der Waals surface area (Å²) < 4.78 is 6.03. The summed E-state index contributed by atoms with van der Waals surface area (Å²) in [7, 11) is 0. The van der Waals surface area contributed by atoms with Crippen molar-refractivity contribution in [3.8, 4) is 6.07 Å². The number of nitrogens with zero attached hydrogens (tertiary/aromatic N) is 3. The minimum atomic E-state index is -1.80. The Morgan fingerprint density at radius 1 is 1.48 bits per heavy atom. The topological polar surface area (TPSA) is 146 Å². The molecule has 9 heteroatoms. The van der Waals surface area contributed by atoms with E-state index in [1.54, 1.807) is 5.38 Å². The van der Waals surface area contributed by atoms with Gasteiger partial charge in [-0.1, -0.05) is 0 Å². The van der Waals surface area contributed by atoms with E-state index in [0.717, 1.165) is 0 Å². The van der Waals surface area contributed by atoms with E-state index in [0.29, 0.717) is 15.8 Å². The standard InChI is InChI=1S/C12H12N4O4S/c13-3-12(10(19)8(18)6(1-17)20-12)5-2-21-9-7(5)15-4-16-11(9)14/h2,4,6,8,10,17-19H,1H2,(H2,14,15,16)/t6-,8-,10-,12+/m1/s1. The quantitative estimate of drug-likeness (QED) is 0.558. The molecule has 0 aliphatic carbocycles. The molecule has 4 atom stereocenters. The summed E-state index contributed by atoms with van der Waals surface area (Å²) in [6.07, 6.45) is -2.67. The van der Waals surface area contributed by atoms with Crippen LogP contribution < -0.4 is 5.73 Å². The summed E-state index contributed by atoms with van der Waals surface area (Å²) in [6.45, 7) is -0.513. The van der Waals surface area contributed by atoms with Gasteiger partial charge in [-0.25, -0.2) is 9.97 Å². The van der Waals surface area contributed by atoms with E-state index in [-0.39, 0.29) is 5.82 Å². The molecule has 1 saturated heterocycles. The molecule has 2 aromatic rings. The van der Waals surface area contributed by atoms with Gasteiger partial charge in [-0.3, -0.25) is 0 Å². The van der Waals surface area contributed by atoms with Crippen molar-refractivity contribution in [2.45, 2.75) is 23.9 Å². The molecule has 5 N–H and O–H groups in total. The van der Waals surface area contributed by atoms with E-state index in [4.69, 9.17) is 10.5 Å². The van der Waals surface area contributed by atoms with Crippen LogP contribution in [-0.4, -0.2) is 50.2 Å². The largest absolute Gasteiger partial charge is 0.394 e. The van der Waals surface area contributed by atoms with E-state index >= 15 is 0 Å². The summed E-state index contributed by atoms with van der Waals surface area (Å²) in [6, 6.07) is 1.90. The number of aromatic nitrogens is 2. The number of fused-ring (bicyclic) bond motifs is 1. The number of ether oxygens (including phenoxy) is 1. The molecule has 21 heavy (non-hydrogen) atoms. The Hall–Kier alpha value is -1.83. The number of aliphatic hydroxyl groups is 3. The number of aliphatic hydroxyl groups excluding tert-OH is 3. The van der Waals surface area contributed by atoms with Crippen LogP contribution >= 0.6 is 11.3 Å². The molecule has 0 bridgehead atoms. The summed E-state index contributed by atoms with van der Waals surface area (Å²) in [4.78, 5) is 7.95. The monoisotopic (exact) mass is 308 g/mol. The first kappa shape index (κ1) is 14.1. The van der Waals surface area contributed by atoms with E-state index < -0.39 is 30.5 Å². The van der Waals surface area contributed by atoms with Gasteiger partial charge in [0.25, 0.3) is 0 Å². The minimum absolute atomic E-state index is 0.260. The molecular weight excluding hydrogens is 296 g/mol. The van der Waals surface area contributed by atoms with Gasteiger partial charge in [-0.2, -0.15) is 5.26 Å². The number of hydrogen-bond acceptors (Lipinski definition) is 9. The summed E-state index contributed by atoms with van der Waals surface area (Å²) >= 11 is 1.22. The number of thiophene rings is 1. The lowest BCUT2D eigenvalue weighted by Crippen LogP contribution is -2.39. The number of nitriles is 1. The second-order valence-corrected chi connectivity index (χ2v) is 5.59. The molecular formula is C12H12N4O4S. The lowest BCUT2D eigenvalue weighted by atomic mass is 9.89. The van der Waals surface area contributed by atoms with Crippen molar-refractivity contribution in [1.29, 1.82) is 5.26 Å². The van der Waals surface area contributed by atoms with Crippen molar-refractivity contribution < 1.29 is 20.1 Å². The molecule has 1 aliphatic heterocycles. The minimum Gasteiger partial charge on any atom is -0.394 e. The van der Waals surface area contributed by atoms with Crippen LogP contribution in [0.4, 0.5) is 5.82 Å². The van der Waals surface area contributed by atoms with E-state index in [9.17, 15) is 20.6 Å².